The molecule has 5 rings (SSSR count). The molecule has 1 N–H and O–H groups in total. The summed E-state index contributed by atoms with van der Waals surface area (Å²) in [6.07, 6.45) is 2.15. The van der Waals surface area contributed by atoms with Gasteiger partial charge in [0.25, 0.3) is 0 Å². The van der Waals surface area contributed by atoms with Gasteiger partial charge in [0, 0.05) is 10.8 Å². The summed E-state index contributed by atoms with van der Waals surface area (Å²) >= 11 is 0. The predicted molar refractivity (Wildman–Crippen MR) is 167 cm³/mol. The van der Waals surface area contributed by atoms with Crippen LogP contribution in [0.25, 0.3) is 21.8 Å². The maximum absolute atomic E-state index is 12.3. The highest BCUT2D eigenvalue weighted by molar-refractivity contribution is 6.62. The number of carbonyl (C=O) groups is 2. The van der Waals surface area contributed by atoms with E-state index in [2.05, 4.69) is 10.2 Å². The lowest BCUT2D eigenvalue weighted by Gasteiger charge is -2.32. The van der Waals surface area contributed by atoms with Crippen molar-refractivity contribution in [2.24, 2.45) is 0 Å². The van der Waals surface area contributed by atoms with E-state index in [1.54, 1.807) is 45.2 Å². The average molecular weight is 605 g/mol. The largest absolute Gasteiger partial charge is 0.569 e. The Morgan fingerprint density at radius 1 is 0.795 bits per heavy atom. The fraction of sp³-hybridized carbons (Fsp3) is 0.467. The van der Waals surface area contributed by atoms with Crippen LogP contribution in [-0.4, -0.2) is 74.0 Å². The highest BCUT2D eigenvalue weighted by Gasteiger charge is 2.51. The van der Waals surface area contributed by atoms with Gasteiger partial charge in [-0.15, -0.1) is 0 Å². The standard InChI is InChI=1S/C18H25BN2O4.C12H14BN2O4/c1-16(2,3)23-15(22)21-14-9-8-13(10-12(14)11-20-21)19-24-17(4,5)18(6,7)25-19;1-12(2,3)18-11(16)15-10-5-4-9(19-13-17)6-8(10)7-14-15/h8-11H,1-7H3;4-7,17H,1-3H3. The smallest absolute Gasteiger partial charge is 0.537 e. The van der Waals surface area contributed by atoms with Crippen LogP contribution in [0, 0.1) is 0 Å². The van der Waals surface area contributed by atoms with E-state index in [1.165, 1.54) is 15.6 Å². The summed E-state index contributed by atoms with van der Waals surface area (Å²) in [7, 11) is 0.152. The molecule has 1 fully saturated rings. The summed E-state index contributed by atoms with van der Waals surface area (Å²) in [5.74, 6) is 0.457. The van der Waals surface area contributed by atoms with Crippen LogP contribution in [0.2, 0.25) is 0 Å². The van der Waals surface area contributed by atoms with Crippen LogP contribution in [0.1, 0.15) is 69.2 Å². The van der Waals surface area contributed by atoms with Gasteiger partial charge in [-0.2, -0.15) is 19.6 Å². The third-order valence-corrected chi connectivity index (χ3v) is 6.98. The second kappa shape index (κ2) is 11.9. The average Bonchev–Trinajstić information content (AvgIpc) is 3.55. The fourth-order valence-corrected chi connectivity index (χ4v) is 4.22. The fourth-order valence-electron chi connectivity index (χ4n) is 4.22. The summed E-state index contributed by atoms with van der Waals surface area (Å²) in [5.41, 5.74) is 0.257. The van der Waals surface area contributed by atoms with Crippen molar-refractivity contribution in [2.45, 2.75) is 91.6 Å². The Morgan fingerprint density at radius 2 is 1.25 bits per heavy atom. The van der Waals surface area contributed by atoms with Crippen molar-refractivity contribution in [3.8, 4) is 5.75 Å². The van der Waals surface area contributed by atoms with E-state index in [9.17, 15) is 9.59 Å². The molecule has 0 bridgehead atoms. The number of carbonyl (C=O) groups excluding carboxylic acids is 2. The first-order valence-corrected chi connectivity index (χ1v) is 14.2. The molecule has 2 aromatic carbocycles. The molecular formula is C30H39B2N4O8. The first kappa shape index (κ1) is 33.0. The Bertz CT molecular complexity index is 1650. The van der Waals surface area contributed by atoms with Crippen molar-refractivity contribution >= 4 is 54.3 Å². The number of ether oxygens (including phenoxy) is 2. The zero-order valence-corrected chi connectivity index (χ0v) is 26.9. The van der Waals surface area contributed by atoms with Crippen LogP contribution in [0.3, 0.4) is 0 Å². The van der Waals surface area contributed by atoms with Gasteiger partial charge in [0.2, 0.25) is 0 Å². The van der Waals surface area contributed by atoms with Crippen molar-refractivity contribution in [3.05, 3.63) is 48.8 Å². The van der Waals surface area contributed by atoms with E-state index < -0.39 is 41.7 Å². The minimum Gasteiger partial charge on any atom is -0.537 e. The molecule has 1 aliphatic heterocycles. The van der Waals surface area contributed by atoms with Crippen LogP contribution in [0.15, 0.2) is 48.8 Å². The third-order valence-electron chi connectivity index (χ3n) is 6.98. The quantitative estimate of drug-likeness (QED) is 0.323. The van der Waals surface area contributed by atoms with Crippen molar-refractivity contribution in [2.75, 3.05) is 0 Å². The van der Waals surface area contributed by atoms with E-state index in [0.29, 0.717) is 29.9 Å². The monoisotopic (exact) mass is 605 g/mol. The van der Waals surface area contributed by atoms with E-state index in [0.717, 1.165) is 10.8 Å². The first-order chi connectivity index (χ1) is 20.3. The van der Waals surface area contributed by atoms with Crippen molar-refractivity contribution in [1.82, 2.24) is 19.6 Å². The second-order valence-electron chi connectivity index (χ2n) is 13.4. The van der Waals surface area contributed by atoms with Crippen molar-refractivity contribution < 1.29 is 38.0 Å². The summed E-state index contributed by atoms with van der Waals surface area (Å²) in [4.78, 5) is 24.2. The van der Waals surface area contributed by atoms with Gasteiger partial charge in [-0.1, -0.05) is 12.1 Å². The van der Waals surface area contributed by atoms with Crippen LogP contribution >= 0.6 is 0 Å². The van der Waals surface area contributed by atoms with Crippen LogP contribution < -0.4 is 10.1 Å². The molecule has 12 nitrogen and oxygen atoms in total. The Kier molecular flexibility index (Phi) is 8.94. The lowest BCUT2D eigenvalue weighted by atomic mass is 9.79. The highest BCUT2D eigenvalue weighted by Crippen LogP contribution is 2.36. The molecule has 44 heavy (non-hydrogen) atoms. The van der Waals surface area contributed by atoms with Gasteiger partial charge in [0.05, 0.1) is 34.6 Å². The molecule has 0 amide bonds. The topological polar surface area (TPSA) is 136 Å². The normalized spacial score (nSPS) is 15.9. The zero-order valence-electron chi connectivity index (χ0n) is 26.9. The molecule has 2 aromatic heterocycles. The maximum Gasteiger partial charge on any atom is 0.569 e. The van der Waals surface area contributed by atoms with Gasteiger partial charge in [0.15, 0.2) is 0 Å². The molecule has 233 valence electrons. The summed E-state index contributed by atoms with van der Waals surface area (Å²) in [5, 5.41) is 18.3. The van der Waals surface area contributed by atoms with Crippen LogP contribution in [0.4, 0.5) is 9.59 Å². The van der Waals surface area contributed by atoms with Gasteiger partial charge in [-0.05, 0) is 99.0 Å². The Hall–Kier alpha value is -3.87. The van der Waals surface area contributed by atoms with Crippen LogP contribution in [0.5, 0.6) is 5.75 Å². The van der Waals surface area contributed by atoms with Gasteiger partial charge >= 0.3 is 27.0 Å². The highest BCUT2D eigenvalue weighted by atomic mass is 16.7. The molecule has 1 aliphatic rings. The molecule has 1 radical (unpaired) electrons. The number of nitrogens with zero attached hydrogens (tertiary/aromatic N) is 4. The molecular weight excluding hydrogens is 566 g/mol. The molecule has 0 spiro atoms. The number of hydrogen-bond acceptors (Lipinski definition) is 10. The Morgan fingerprint density at radius 3 is 1.70 bits per heavy atom. The van der Waals surface area contributed by atoms with Gasteiger partial charge in [-0.3, -0.25) is 0 Å². The minimum absolute atomic E-state index is 0.396. The number of aromatic nitrogens is 4. The molecule has 0 saturated carbocycles. The van der Waals surface area contributed by atoms with E-state index >= 15 is 0 Å². The molecule has 0 aliphatic carbocycles. The second-order valence-corrected chi connectivity index (χ2v) is 13.4. The third kappa shape index (κ3) is 7.43. The Balaban J connectivity index is 0.000000209. The molecule has 14 heteroatoms. The molecule has 0 unspecified atom stereocenters. The molecule has 0 atom stereocenters. The maximum atomic E-state index is 12.3. The Labute approximate surface area is 258 Å². The predicted octanol–water partition coefficient (Wildman–Crippen LogP) is 4.84. The molecule has 4 aromatic rings. The van der Waals surface area contributed by atoms with Crippen LogP contribution in [-0.2, 0) is 18.8 Å². The van der Waals surface area contributed by atoms with Gasteiger partial charge in [0.1, 0.15) is 17.0 Å². The zero-order chi connectivity index (χ0) is 32.7. The van der Waals surface area contributed by atoms with Crippen molar-refractivity contribution in [3.63, 3.8) is 0 Å². The summed E-state index contributed by atoms with van der Waals surface area (Å²) in [6, 6.07) is 10.6. The van der Waals surface area contributed by atoms with E-state index in [1.807, 2.05) is 66.7 Å². The number of hydrogen-bond donors (Lipinski definition) is 1. The summed E-state index contributed by atoms with van der Waals surface area (Å²) < 4.78 is 30.1. The lowest BCUT2D eigenvalue weighted by molar-refractivity contribution is 0.00578. The summed E-state index contributed by atoms with van der Waals surface area (Å²) in [6.45, 7) is 18.9. The van der Waals surface area contributed by atoms with E-state index in [-0.39, 0.29) is 0 Å². The SMILES string of the molecule is CC(C)(C)OC(=O)n1ncc2cc(B3OC(C)(C)C(C)(C)O3)ccc21.CC(C)(C)OC(=O)n1ncc2cc(O[B]O)ccc21. The number of fused-ring (bicyclic) bond motifs is 2. The minimum atomic E-state index is -0.579. The van der Waals surface area contributed by atoms with Crippen molar-refractivity contribution in [1.29, 1.82) is 0 Å². The van der Waals surface area contributed by atoms with Gasteiger partial charge < -0.3 is 28.5 Å². The molecule has 3 heterocycles. The van der Waals surface area contributed by atoms with E-state index in [4.69, 9.17) is 28.5 Å². The number of benzene rings is 2. The molecule has 1 saturated heterocycles. The first-order valence-electron chi connectivity index (χ1n) is 14.2. The number of rotatable bonds is 3. The van der Waals surface area contributed by atoms with Gasteiger partial charge in [-0.25, -0.2) is 9.59 Å². The lowest BCUT2D eigenvalue weighted by Crippen LogP contribution is -2.41.